The van der Waals surface area contributed by atoms with E-state index >= 15 is 0 Å². The molecule has 40 heavy (non-hydrogen) atoms. The first-order valence-corrected chi connectivity index (χ1v) is 13.7. The van der Waals surface area contributed by atoms with Gasteiger partial charge in [0.2, 0.25) is 0 Å². The Morgan fingerprint density at radius 3 is 1.52 bits per heavy atom. The minimum atomic E-state index is -0.402. The Kier molecular flexibility index (Phi) is 11.1. The van der Waals surface area contributed by atoms with Crippen LogP contribution in [0.1, 0.15) is 50.7 Å². The van der Waals surface area contributed by atoms with E-state index in [9.17, 15) is 19.5 Å². The molecule has 0 radical (unpaired) electrons. The Labute approximate surface area is 237 Å². The molecule has 0 bridgehead atoms. The van der Waals surface area contributed by atoms with Gasteiger partial charge in [-0.15, -0.1) is 0 Å². The molecule has 2 aliphatic carbocycles. The van der Waals surface area contributed by atoms with Crippen LogP contribution in [0.2, 0.25) is 0 Å². The van der Waals surface area contributed by atoms with Crippen LogP contribution in [0.25, 0.3) is 0 Å². The van der Waals surface area contributed by atoms with Crippen LogP contribution in [0.15, 0.2) is 36.4 Å². The van der Waals surface area contributed by atoms with Gasteiger partial charge in [-0.3, -0.25) is 14.4 Å². The average Bonchev–Trinajstić information content (AvgIpc) is 3.50. The molecule has 2 aliphatic rings. The first kappa shape index (κ1) is 31.1. The maximum Gasteiger partial charge on any atom is 0.137 e. The molecule has 0 saturated heterocycles. The molecule has 2 fully saturated rings. The number of ether oxygens (including phenoxy) is 4. The Bertz CT molecular complexity index is 1140. The minimum Gasteiger partial charge on any atom is -0.497 e. The molecule has 1 unspecified atom stereocenters. The van der Waals surface area contributed by atoms with Crippen LogP contribution < -0.4 is 18.9 Å². The van der Waals surface area contributed by atoms with Crippen molar-refractivity contribution in [2.45, 2.75) is 58.5 Å². The van der Waals surface area contributed by atoms with Crippen molar-refractivity contribution in [1.29, 1.82) is 0 Å². The first-order chi connectivity index (χ1) is 19.1. The summed E-state index contributed by atoms with van der Waals surface area (Å²) in [4.78, 5) is 34.8. The van der Waals surface area contributed by atoms with Crippen molar-refractivity contribution in [3.8, 4) is 23.0 Å². The third kappa shape index (κ3) is 8.31. The highest BCUT2D eigenvalue weighted by Gasteiger charge is 2.36. The van der Waals surface area contributed by atoms with Gasteiger partial charge in [-0.1, -0.05) is 0 Å². The highest BCUT2D eigenvalue weighted by atomic mass is 16.5. The third-order valence-electron chi connectivity index (χ3n) is 8.08. The van der Waals surface area contributed by atoms with Crippen LogP contribution in [0.5, 0.6) is 23.0 Å². The molecular formula is C32H42O8. The lowest BCUT2D eigenvalue weighted by Crippen LogP contribution is -2.15. The second-order valence-corrected chi connectivity index (χ2v) is 10.9. The summed E-state index contributed by atoms with van der Waals surface area (Å²) in [6.45, 7) is 3.17. The van der Waals surface area contributed by atoms with Gasteiger partial charge >= 0.3 is 0 Å². The lowest BCUT2D eigenvalue weighted by molar-refractivity contribution is -0.124. The number of ketones is 3. The Morgan fingerprint density at radius 2 is 1.15 bits per heavy atom. The van der Waals surface area contributed by atoms with Crippen molar-refractivity contribution < 1.29 is 38.4 Å². The molecule has 1 N–H and O–H groups in total. The molecule has 0 aliphatic heterocycles. The molecule has 2 aromatic rings. The normalized spacial score (nSPS) is 23.7. The summed E-state index contributed by atoms with van der Waals surface area (Å²) >= 11 is 0. The van der Waals surface area contributed by atoms with E-state index < -0.39 is 6.10 Å². The molecule has 0 heterocycles. The van der Waals surface area contributed by atoms with E-state index in [1.54, 1.807) is 48.4 Å². The van der Waals surface area contributed by atoms with Crippen LogP contribution in [0, 0.1) is 23.7 Å². The second kappa shape index (κ2) is 14.3. The van der Waals surface area contributed by atoms with E-state index in [4.69, 9.17) is 18.9 Å². The molecule has 5 atom stereocenters. The number of methoxy groups -OCH3 is 4. The monoisotopic (exact) mass is 554 g/mol. The van der Waals surface area contributed by atoms with Gasteiger partial charge in [0.15, 0.2) is 0 Å². The molecule has 218 valence electrons. The smallest absolute Gasteiger partial charge is 0.137 e. The number of benzene rings is 2. The van der Waals surface area contributed by atoms with Crippen LogP contribution in [0.3, 0.4) is 0 Å². The van der Waals surface area contributed by atoms with Crippen molar-refractivity contribution in [2.75, 3.05) is 28.4 Å². The van der Waals surface area contributed by atoms with Gasteiger partial charge in [-0.05, 0) is 87.3 Å². The first-order valence-electron chi connectivity index (χ1n) is 13.7. The number of aliphatic hydroxyl groups excluding tert-OH is 1. The van der Waals surface area contributed by atoms with Gasteiger partial charge in [0.25, 0.3) is 0 Å². The largest absolute Gasteiger partial charge is 0.497 e. The van der Waals surface area contributed by atoms with Crippen LogP contribution in [-0.2, 0) is 27.2 Å². The van der Waals surface area contributed by atoms with Gasteiger partial charge in [0, 0.05) is 36.3 Å². The molecule has 0 spiro atoms. The molecule has 4 rings (SSSR count). The topological polar surface area (TPSA) is 108 Å². The summed E-state index contributed by atoms with van der Waals surface area (Å²) in [5.74, 6) is 3.36. The van der Waals surface area contributed by atoms with Gasteiger partial charge < -0.3 is 24.1 Å². The zero-order valence-electron chi connectivity index (χ0n) is 24.4. The molecular weight excluding hydrogens is 512 g/mol. The number of carbonyl (C=O) groups excluding carboxylic acids is 3. The number of hydrogen-bond acceptors (Lipinski definition) is 8. The summed E-state index contributed by atoms with van der Waals surface area (Å²) in [5, 5.41) is 10.1. The summed E-state index contributed by atoms with van der Waals surface area (Å²) in [5.41, 5.74) is 2.07. The molecule has 0 aromatic heterocycles. The van der Waals surface area contributed by atoms with Crippen molar-refractivity contribution >= 4 is 17.3 Å². The summed E-state index contributed by atoms with van der Waals surface area (Å²) in [6.07, 6.45) is 3.36. The third-order valence-corrected chi connectivity index (χ3v) is 8.08. The molecule has 0 amide bonds. The highest BCUT2D eigenvalue weighted by molar-refractivity contribution is 5.91. The van der Waals surface area contributed by atoms with Crippen LogP contribution in [0.4, 0.5) is 0 Å². The maximum absolute atomic E-state index is 12.0. The lowest BCUT2D eigenvalue weighted by atomic mass is 9.94. The molecule has 2 aromatic carbocycles. The molecule has 8 heteroatoms. The number of hydrogen-bond donors (Lipinski definition) is 1. The van der Waals surface area contributed by atoms with Crippen LogP contribution >= 0.6 is 0 Å². The van der Waals surface area contributed by atoms with E-state index in [-0.39, 0.29) is 41.0 Å². The molecule has 2 saturated carbocycles. The van der Waals surface area contributed by atoms with Crippen LogP contribution in [-0.4, -0.2) is 57.0 Å². The predicted octanol–water partition coefficient (Wildman–Crippen LogP) is 4.65. The fourth-order valence-corrected chi connectivity index (χ4v) is 5.68. The van der Waals surface area contributed by atoms with Crippen molar-refractivity contribution in [3.05, 3.63) is 47.5 Å². The van der Waals surface area contributed by atoms with E-state index in [0.29, 0.717) is 37.2 Å². The SMILES string of the molecule is COc1cc(C[C@H]2C[C@H](C(C)=O)CC2=O)cc(OC)c1.COc1cc(C[C@H]2C[C@H](C(C)=O)CC2O)cc(OC)c1. The average molecular weight is 555 g/mol. The fraction of sp³-hybridized carbons (Fsp3) is 0.531. The Hall–Kier alpha value is -3.39. The van der Waals surface area contributed by atoms with Gasteiger partial charge in [-0.25, -0.2) is 0 Å². The van der Waals surface area contributed by atoms with Gasteiger partial charge in [0.1, 0.15) is 40.3 Å². The van der Waals surface area contributed by atoms with Gasteiger partial charge in [-0.2, -0.15) is 0 Å². The minimum absolute atomic E-state index is 0.00232. The van der Waals surface area contributed by atoms with Crippen molar-refractivity contribution in [2.24, 2.45) is 23.7 Å². The summed E-state index contributed by atoms with van der Waals surface area (Å²) in [7, 11) is 6.44. The van der Waals surface area contributed by atoms with Crippen molar-refractivity contribution in [3.63, 3.8) is 0 Å². The fourth-order valence-electron chi connectivity index (χ4n) is 5.68. The number of aliphatic hydroxyl groups is 1. The van der Waals surface area contributed by atoms with E-state index in [1.165, 1.54) is 0 Å². The number of carbonyl (C=O) groups is 3. The van der Waals surface area contributed by atoms with E-state index in [1.807, 2.05) is 30.3 Å². The zero-order valence-corrected chi connectivity index (χ0v) is 24.4. The highest BCUT2D eigenvalue weighted by Crippen LogP contribution is 2.36. The predicted molar refractivity (Wildman–Crippen MR) is 151 cm³/mol. The number of rotatable bonds is 10. The molecule has 8 nitrogen and oxygen atoms in total. The maximum atomic E-state index is 12.0. The summed E-state index contributed by atoms with van der Waals surface area (Å²) in [6, 6.07) is 11.4. The second-order valence-electron chi connectivity index (χ2n) is 10.9. The Balaban J connectivity index is 0.000000220. The standard InChI is InChI=1S/C16H22O4.C16H20O4/c2*1-10(17)12-7-13(16(18)8-12)4-11-5-14(19-2)9-15(6-11)20-3/h5-6,9,12-13,16,18H,4,7-8H2,1-3H3;5-6,9,12-13H,4,7-8H2,1-3H3/t12-,13-,16?;12-,13-/m00/s1. The van der Waals surface area contributed by atoms with Gasteiger partial charge in [0.05, 0.1) is 34.5 Å². The zero-order chi connectivity index (χ0) is 29.4. The Morgan fingerprint density at radius 1 is 0.700 bits per heavy atom. The van der Waals surface area contributed by atoms with Crippen molar-refractivity contribution in [1.82, 2.24) is 0 Å². The lowest BCUT2D eigenvalue weighted by Gasteiger charge is -2.15. The van der Waals surface area contributed by atoms with E-state index in [0.717, 1.165) is 35.5 Å². The number of Topliss-reactive ketones (excluding diaryl/α,β-unsaturated/α-hetero) is 3. The summed E-state index contributed by atoms with van der Waals surface area (Å²) < 4.78 is 21.0. The van der Waals surface area contributed by atoms with E-state index in [2.05, 4.69) is 0 Å². The quantitative estimate of drug-likeness (QED) is 0.452.